The number of hydrogen-bond donors (Lipinski definition) is 1. The number of anilines is 2. The van der Waals surface area contributed by atoms with Crippen molar-refractivity contribution in [3.8, 4) is 11.6 Å². The van der Waals surface area contributed by atoms with E-state index in [1.54, 1.807) is 4.90 Å². The van der Waals surface area contributed by atoms with Gasteiger partial charge in [0.2, 0.25) is 11.8 Å². The van der Waals surface area contributed by atoms with Gasteiger partial charge in [0.15, 0.2) is 0 Å². The third-order valence-corrected chi connectivity index (χ3v) is 5.34. The third-order valence-electron chi connectivity index (χ3n) is 5.34. The van der Waals surface area contributed by atoms with E-state index in [-0.39, 0.29) is 11.9 Å². The highest BCUT2D eigenvalue weighted by Crippen LogP contribution is 2.33. The fourth-order valence-electron chi connectivity index (χ4n) is 3.69. The molecular weight excluding hydrogens is 390 g/mol. The van der Waals surface area contributed by atoms with Crippen molar-refractivity contribution in [1.82, 2.24) is 19.4 Å². The van der Waals surface area contributed by atoms with Crippen molar-refractivity contribution in [1.29, 1.82) is 0 Å². The van der Waals surface area contributed by atoms with E-state index in [9.17, 15) is 4.79 Å². The molecule has 3 heterocycles. The molecule has 0 unspecified atom stereocenters. The Morgan fingerprint density at radius 3 is 2.52 bits per heavy atom. The molecule has 7 nitrogen and oxygen atoms in total. The average molecular weight is 411 g/mol. The van der Waals surface area contributed by atoms with Crippen molar-refractivity contribution in [3.05, 3.63) is 85.8 Å². The van der Waals surface area contributed by atoms with E-state index >= 15 is 0 Å². The molecule has 0 spiro atoms. The number of rotatable bonds is 6. The summed E-state index contributed by atoms with van der Waals surface area (Å²) in [6, 6.07) is 19.8. The summed E-state index contributed by atoms with van der Waals surface area (Å²) in [5.41, 5.74) is 3.62. The van der Waals surface area contributed by atoms with Gasteiger partial charge in [0, 0.05) is 30.7 Å². The number of ether oxygens (including phenoxy) is 1. The molecule has 2 aromatic heterocycles. The fraction of sp³-hybridized carbons (Fsp3) is 0.125. The predicted octanol–water partition coefficient (Wildman–Crippen LogP) is 4.54. The van der Waals surface area contributed by atoms with Gasteiger partial charge in [0.05, 0.1) is 11.6 Å². The number of carbonyl (C=O) groups excluding carboxylic acids is 1. The zero-order valence-corrected chi connectivity index (χ0v) is 16.8. The summed E-state index contributed by atoms with van der Waals surface area (Å²) in [5.74, 6) is 1.13. The third kappa shape index (κ3) is 3.73. The summed E-state index contributed by atoms with van der Waals surface area (Å²) in [6.45, 7) is 4.80. The van der Waals surface area contributed by atoms with Crippen molar-refractivity contribution < 1.29 is 9.53 Å². The summed E-state index contributed by atoms with van der Waals surface area (Å²) in [6.07, 6.45) is 4.82. The van der Waals surface area contributed by atoms with Crippen LogP contribution in [0.3, 0.4) is 0 Å². The fourth-order valence-corrected chi connectivity index (χ4v) is 3.69. The van der Waals surface area contributed by atoms with E-state index in [4.69, 9.17) is 4.74 Å². The SMILES string of the molecule is C=CC(=O)N1CC(n2ccc3ncnc(Oc4ccc(Nc5ccccc5)cc4)c32)C1. The molecule has 1 N–H and O–H groups in total. The Morgan fingerprint density at radius 1 is 1.03 bits per heavy atom. The molecule has 0 saturated carbocycles. The molecule has 4 aromatic rings. The number of fused-ring (bicyclic) bond motifs is 1. The van der Waals surface area contributed by atoms with Gasteiger partial charge in [0.1, 0.15) is 17.6 Å². The summed E-state index contributed by atoms with van der Waals surface area (Å²) in [4.78, 5) is 22.3. The number of hydrogen-bond acceptors (Lipinski definition) is 5. The smallest absolute Gasteiger partial charge is 0.247 e. The van der Waals surface area contributed by atoms with Crippen LogP contribution in [0, 0.1) is 0 Å². The van der Waals surface area contributed by atoms with Crippen LogP contribution in [0.5, 0.6) is 11.6 Å². The second kappa shape index (κ2) is 7.95. The predicted molar refractivity (Wildman–Crippen MR) is 120 cm³/mol. The largest absolute Gasteiger partial charge is 0.437 e. The van der Waals surface area contributed by atoms with E-state index < -0.39 is 0 Å². The lowest BCUT2D eigenvalue weighted by atomic mass is 10.1. The number of carbonyl (C=O) groups is 1. The van der Waals surface area contributed by atoms with Crippen molar-refractivity contribution in [2.45, 2.75) is 6.04 Å². The Kier molecular flexibility index (Phi) is 4.84. The summed E-state index contributed by atoms with van der Waals surface area (Å²) >= 11 is 0. The lowest BCUT2D eigenvalue weighted by molar-refractivity contribution is -0.131. The molecule has 31 heavy (non-hydrogen) atoms. The maximum Gasteiger partial charge on any atom is 0.247 e. The van der Waals surface area contributed by atoms with Crippen LogP contribution in [0.2, 0.25) is 0 Å². The van der Waals surface area contributed by atoms with Gasteiger partial charge in [0.25, 0.3) is 0 Å². The molecule has 7 heteroatoms. The van der Waals surface area contributed by atoms with Gasteiger partial charge in [-0.3, -0.25) is 4.79 Å². The Bertz CT molecular complexity index is 1230. The Labute approximate surface area is 179 Å². The molecule has 1 aliphatic rings. The molecule has 0 atom stereocenters. The number of nitrogens with zero attached hydrogens (tertiary/aromatic N) is 4. The van der Waals surface area contributed by atoms with E-state index in [2.05, 4.69) is 26.4 Å². The number of para-hydroxylation sites is 1. The van der Waals surface area contributed by atoms with Crippen LogP contribution in [-0.2, 0) is 4.79 Å². The molecule has 2 aromatic carbocycles. The number of aromatic nitrogens is 3. The van der Waals surface area contributed by atoms with Crippen LogP contribution < -0.4 is 10.1 Å². The highest BCUT2D eigenvalue weighted by atomic mass is 16.5. The quantitative estimate of drug-likeness (QED) is 0.472. The lowest BCUT2D eigenvalue weighted by Gasteiger charge is -2.39. The van der Waals surface area contributed by atoms with Gasteiger partial charge in [-0.25, -0.2) is 4.98 Å². The van der Waals surface area contributed by atoms with Gasteiger partial charge >= 0.3 is 0 Å². The first-order valence-corrected chi connectivity index (χ1v) is 10.0. The van der Waals surface area contributed by atoms with Crippen LogP contribution in [0.15, 0.2) is 85.8 Å². The minimum absolute atomic E-state index is 0.0513. The standard InChI is InChI=1S/C24H21N5O2/c1-2-22(30)28-14-19(15-28)29-13-12-21-23(29)24(26-16-25-21)31-20-10-8-18(9-11-20)27-17-6-4-3-5-7-17/h2-13,16,19,27H,1,14-15H2. The van der Waals surface area contributed by atoms with E-state index in [0.717, 1.165) is 22.4 Å². The molecule has 0 aliphatic carbocycles. The van der Waals surface area contributed by atoms with Crippen molar-refractivity contribution in [2.75, 3.05) is 18.4 Å². The minimum atomic E-state index is -0.0513. The van der Waals surface area contributed by atoms with Gasteiger partial charge in [-0.05, 0) is 48.5 Å². The van der Waals surface area contributed by atoms with Crippen molar-refractivity contribution in [2.24, 2.45) is 0 Å². The maximum atomic E-state index is 11.8. The highest BCUT2D eigenvalue weighted by Gasteiger charge is 2.32. The lowest BCUT2D eigenvalue weighted by Crippen LogP contribution is -2.49. The zero-order valence-electron chi connectivity index (χ0n) is 16.8. The Balaban J connectivity index is 1.35. The summed E-state index contributed by atoms with van der Waals surface area (Å²) < 4.78 is 8.20. The molecule has 1 amide bonds. The molecule has 1 fully saturated rings. The van der Waals surface area contributed by atoms with Crippen molar-refractivity contribution in [3.63, 3.8) is 0 Å². The van der Waals surface area contributed by atoms with Crippen LogP contribution >= 0.6 is 0 Å². The molecule has 0 bridgehead atoms. The minimum Gasteiger partial charge on any atom is -0.437 e. The van der Waals surface area contributed by atoms with Gasteiger partial charge in [-0.15, -0.1) is 0 Å². The van der Waals surface area contributed by atoms with Crippen LogP contribution in [0.4, 0.5) is 11.4 Å². The van der Waals surface area contributed by atoms with Crippen LogP contribution in [0.25, 0.3) is 11.0 Å². The van der Waals surface area contributed by atoms with E-state index in [0.29, 0.717) is 24.7 Å². The van der Waals surface area contributed by atoms with Gasteiger partial charge in [-0.1, -0.05) is 24.8 Å². The van der Waals surface area contributed by atoms with E-state index in [1.807, 2.05) is 66.9 Å². The molecular formula is C24H21N5O2. The number of benzene rings is 2. The average Bonchev–Trinajstić information content (AvgIpc) is 3.19. The Hall–Kier alpha value is -4.13. The maximum absolute atomic E-state index is 11.8. The molecule has 5 rings (SSSR count). The topological polar surface area (TPSA) is 72.3 Å². The summed E-state index contributed by atoms with van der Waals surface area (Å²) in [5, 5.41) is 3.35. The first kappa shape index (κ1) is 18.9. The number of amides is 1. The van der Waals surface area contributed by atoms with Gasteiger partial charge < -0.3 is 19.5 Å². The van der Waals surface area contributed by atoms with Crippen LogP contribution in [-0.4, -0.2) is 38.4 Å². The molecule has 154 valence electrons. The number of nitrogens with one attached hydrogen (secondary N) is 1. The normalized spacial score (nSPS) is 13.6. The second-order valence-electron chi connectivity index (χ2n) is 7.35. The van der Waals surface area contributed by atoms with Crippen molar-refractivity contribution >= 4 is 28.3 Å². The highest BCUT2D eigenvalue weighted by molar-refractivity contribution is 5.88. The monoisotopic (exact) mass is 411 g/mol. The summed E-state index contributed by atoms with van der Waals surface area (Å²) in [7, 11) is 0. The number of likely N-dealkylation sites (tertiary alicyclic amines) is 1. The Morgan fingerprint density at radius 2 is 1.77 bits per heavy atom. The molecule has 1 saturated heterocycles. The van der Waals surface area contributed by atoms with E-state index in [1.165, 1.54) is 12.4 Å². The molecule has 0 radical (unpaired) electrons. The first-order valence-electron chi connectivity index (χ1n) is 10.0. The van der Waals surface area contributed by atoms with Gasteiger partial charge in [-0.2, -0.15) is 4.98 Å². The first-order chi connectivity index (χ1) is 15.2. The zero-order chi connectivity index (χ0) is 21.2. The van der Waals surface area contributed by atoms with Crippen LogP contribution in [0.1, 0.15) is 6.04 Å². The molecule has 1 aliphatic heterocycles. The second-order valence-corrected chi connectivity index (χ2v) is 7.35.